The van der Waals surface area contributed by atoms with Crippen molar-refractivity contribution in [1.29, 1.82) is 0 Å². The van der Waals surface area contributed by atoms with E-state index < -0.39 is 0 Å². The molecule has 1 aromatic rings. The molecular weight excluding hydrogens is 166 g/mol. The third-order valence-electron chi connectivity index (χ3n) is 1.65. The maximum atomic E-state index is 9.00. The zero-order chi connectivity index (χ0) is 9.68. The van der Waals surface area contributed by atoms with Gasteiger partial charge in [-0.15, -0.1) is 0 Å². The van der Waals surface area contributed by atoms with Gasteiger partial charge >= 0.3 is 0 Å². The molecule has 0 aliphatic heterocycles. The molecule has 0 aromatic carbocycles. The first-order chi connectivity index (χ1) is 6.18. The number of nitrogen functional groups attached to an aromatic ring is 1. The van der Waals surface area contributed by atoms with Gasteiger partial charge in [0.05, 0.1) is 6.10 Å². The second-order valence-electron chi connectivity index (χ2n) is 3.04. The summed E-state index contributed by atoms with van der Waals surface area (Å²) in [6.45, 7) is 2.46. The highest BCUT2D eigenvalue weighted by molar-refractivity contribution is 5.48. The molecule has 0 spiro atoms. The van der Waals surface area contributed by atoms with Crippen LogP contribution in [0, 0.1) is 0 Å². The van der Waals surface area contributed by atoms with Crippen molar-refractivity contribution in [2.45, 2.75) is 19.4 Å². The minimum atomic E-state index is -0.284. The van der Waals surface area contributed by atoms with E-state index in [9.17, 15) is 0 Å². The van der Waals surface area contributed by atoms with Crippen molar-refractivity contribution < 1.29 is 5.11 Å². The number of nitrogens with one attached hydrogen (secondary N) is 1. The van der Waals surface area contributed by atoms with Gasteiger partial charge in [0.15, 0.2) is 0 Å². The summed E-state index contributed by atoms with van der Waals surface area (Å²) in [4.78, 5) is 4.06. The number of aliphatic hydroxyl groups is 1. The minimum Gasteiger partial charge on any atom is -0.399 e. The van der Waals surface area contributed by atoms with E-state index in [0.717, 1.165) is 5.82 Å². The van der Waals surface area contributed by atoms with Gasteiger partial charge < -0.3 is 16.2 Å². The normalized spacial score (nSPS) is 12.5. The van der Waals surface area contributed by atoms with Gasteiger partial charge in [0.25, 0.3) is 0 Å². The molecule has 0 aliphatic carbocycles. The van der Waals surface area contributed by atoms with Crippen LogP contribution >= 0.6 is 0 Å². The standard InChI is InChI=1S/C9H15N3O/c1-7(13)2-4-11-9-6-8(10)3-5-12-9/h3,5-7,13H,2,4H2,1H3,(H3,10,11,12). The van der Waals surface area contributed by atoms with E-state index in [1.807, 2.05) is 0 Å². The number of rotatable bonds is 4. The molecule has 0 fully saturated rings. The van der Waals surface area contributed by atoms with Crippen LogP contribution in [0.3, 0.4) is 0 Å². The molecule has 1 rings (SSSR count). The second-order valence-corrected chi connectivity index (χ2v) is 3.04. The first kappa shape index (κ1) is 9.80. The lowest BCUT2D eigenvalue weighted by Gasteiger charge is -2.06. The molecule has 4 heteroatoms. The van der Waals surface area contributed by atoms with Crippen molar-refractivity contribution in [2.24, 2.45) is 0 Å². The molecule has 0 radical (unpaired) electrons. The molecule has 1 unspecified atom stereocenters. The predicted molar refractivity (Wildman–Crippen MR) is 53.4 cm³/mol. The Bertz CT molecular complexity index is 263. The van der Waals surface area contributed by atoms with E-state index in [1.54, 1.807) is 25.3 Å². The van der Waals surface area contributed by atoms with Gasteiger partial charge in [-0.3, -0.25) is 0 Å². The summed E-state index contributed by atoms with van der Waals surface area (Å²) < 4.78 is 0. The van der Waals surface area contributed by atoms with Crippen molar-refractivity contribution in [1.82, 2.24) is 4.98 Å². The van der Waals surface area contributed by atoms with Gasteiger partial charge in [-0.2, -0.15) is 0 Å². The van der Waals surface area contributed by atoms with Crippen molar-refractivity contribution in [3.63, 3.8) is 0 Å². The van der Waals surface area contributed by atoms with Gasteiger partial charge in [0.2, 0.25) is 0 Å². The second kappa shape index (κ2) is 4.67. The van der Waals surface area contributed by atoms with Crippen LogP contribution in [0.15, 0.2) is 18.3 Å². The number of aliphatic hydroxyl groups excluding tert-OH is 1. The highest BCUT2D eigenvalue weighted by Crippen LogP contribution is 2.07. The Morgan fingerprint density at radius 1 is 1.69 bits per heavy atom. The SMILES string of the molecule is CC(O)CCNc1cc(N)ccn1. The lowest BCUT2D eigenvalue weighted by atomic mass is 10.3. The Balaban J connectivity index is 2.37. The van der Waals surface area contributed by atoms with Crippen LogP contribution in [-0.4, -0.2) is 22.7 Å². The molecule has 72 valence electrons. The van der Waals surface area contributed by atoms with Crippen LogP contribution in [0.2, 0.25) is 0 Å². The topological polar surface area (TPSA) is 71.2 Å². The largest absolute Gasteiger partial charge is 0.399 e. The van der Waals surface area contributed by atoms with E-state index in [0.29, 0.717) is 18.7 Å². The molecule has 4 N–H and O–H groups in total. The fourth-order valence-corrected chi connectivity index (χ4v) is 0.953. The quantitative estimate of drug-likeness (QED) is 0.644. The number of anilines is 2. The van der Waals surface area contributed by atoms with Crippen LogP contribution in [0.4, 0.5) is 11.5 Å². The fraction of sp³-hybridized carbons (Fsp3) is 0.444. The fourth-order valence-electron chi connectivity index (χ4n) is 0.953. The van der Waals surface area contributed by atoms with Gasteiger partial charge in [0.1, 0.15) is 5.82 Å². The summed E-state index contributed by atoms with van der Waals surface area (Å²) in [7, 11) is 0. The summed E-state index contributed by atoms with van der Waals surface area (Å²) in [5.74, 6) is 0.751. The Hall–Kier alpha value is -1.29. The number of nitrogens with two attached hydrogens (primary N) is 1. The van der Waals surface area contributed by atoms with Crippen LogP contribution in [0.1, 0.15) is 13.3 Å². The van der Waals surface area contributed by atoms with E-state index in [1.165, 1.54) is 0 Å². The number of aromatic nitrogens is 1. The van der Waals surface area contributed by atoms with Gasteiger partial charge in [0, 0.05) is 24.5 Å². The number of pyridine rings is 1. The zero-order valence-corrected chi connectivity index (χ0v) is 7.70. The molecular formula is C9H15N3O. The highest BCUT2D eigenvalue weighted by Gasteiger charge is 1.96. The molecule has 0 aliphatic rings. The Kier molecular flexibility index (Phi) is 3.52. The lowest BCUT2D eigenvalue weighted by molar-refractivity contribution is 0.188. The van der Waals surface area contributed by atoms with Crippen molar-refractivity contribution in [3.05, 3.63) is 18.3 Å². The van der Waals surface area contributed by atoms with Crippen LogP contribution in [0.5, 0.6) is 0 Å². The number of hydrogen-bond donors (Lipinski definition) is 3. The zero-order valence-electron chi connectivity index (χ0n) is 7.70. The molecule has 1 atom stereocenters. The lowest BCUT2D eigenvalue weighted by Crippen LogP contribution is -2.10. The van der Waals surface area contributed by atoms with Crippen LogP contribution < -0.4 is 11.1 Å². The van der Waals surface area contributed by atoms with E-state index in [4.69, 9.17) is 10.8 Å². The highest BCUT2D eigenvalue weighted by atomic mass is 16.3. The van der Waals surface area contributed by atoms with Crippen molar-refractivity contribution in [3.8, 4) is 0 Å². The minimum absolute atomic E-state index is 0.284. The average Bonchev–Trinajstić information content (AvgIpc) is 2.03. The Morgan fingerprint density at radius 2 is 2.46 bits per heavy atom. The molecule has 4 nitrogen and oxygen atoms in total. The van der Waals surface area contributed by atoms with Gasteiger partial charge in [-0.1, -0.05) is 0 Å². The molecule has 0 saturated heterocycles. The first-order valence-electron chi connectivity index (χ1n) is 4.32. The predicted octanol–water partition coefficient (Wildman–Crippen LogP) is 0.847. The first-order valence-corrected chi connectivity index (χ1v) is 4.32. The molecule has 0 saturated carbocycles. The molecule has 0 amide bonds. The Morgan fingerprint density at radius 3 is 3.08 bits per heavy atom. The van der Waals surface area contributed by atoms with Crippen molar-refractivity contribution in [2.75, 3.05) is 17.6 Å². The number of hydrogen-bond acceptors (Lipinski definition) is 4. The maximum absolute atomic E-state index is 9.00. The third kappa shape index (κ3) is 3.75. The molecule has 1 aromatic heterocycles. The summed E-state index contributed by atoms with van der Waals surface area (Å²) in [5, 5.41) is 12.1. The van der Waals surface area contributed by atoms with Gasteiger partial charge in [-0.05, 0) is 19.4 Å². The summed E-state index contributed by atoms with van der Waals surface area (Å²) in [5.41, 5.74) is 6.25. The van der Waals surface area contributed by atoms with E-state index >= 15 is 0 Å². The molecule has 1 heterocycles. The molecule has 0 bridgehead atoms. The van der Waals surface area contributed by atoms with Crippen LogP contribution in [-0.2, 0) is 0 Å². The summed E-state index contributed by atoms with van der Waals surface area (Å²) in [6, 6.07) is 3.50. The third-order valence-corrected chi connectivity index (χ3v) is 1.65. The van der Waals surface area contributed by atoms with Crippen LogP contribution in [0.25, 0.3) is 0 Å². The van der Waals surface area contributed by atoms with Crippen molar-refractivity contribution >= 4 is 11.5 Å². The van der Waals surface area contributed by atoms with Gasteiger partial charge in [-0.25, -0.2) is 4.98 Å². The average molecular weight is 181 g/mol. The summed E-state index contributed by atoms with van der Waals surface area (Å²) >= 11 is 0. The van der Waals surface area contributed by atoms with E-state index in [2.05, 4.69) is 10.3 Å². The molecule has 13 heavy (non-hydrogen) atoms. The van der Waals surface area contributed by atoms with E-state index in [-0.39, 0.29) is 6.10 Å². The maximum Gasteiger partial charge on any atom is 0.127 e. The Labute approximate surface area is 77.8 Å². The monoisotopic (exact) mass is 181 g/mol. The smallest absolute Gasteiger partial charge is 0.127 e. The number of nitrogens with zero attached hydrogens (tertiary/aromatic N) is 1. The summed E-state index contributed by atoms with van der Waals surface area (Å²) in [6.07, 6.45) is 2.07.